The van der Waals surface area contributed by atoms with E-state index in [1.54, 1.807) is 6.34 Å². The minimum Gasteiger partial charge on any atom is -0.353 e. The first kappa shape index (κ1) is 7.80. The van der Waals surface area contributed by atoms with Crippen molar-refractivity contribution in [3.05, 3.63) is 47.7 Å². The summed E-state index contributed by atoms with van der Waals surface area (Å²) in [7, 11) is 0. The van der Waals surface area contributed by atoms with E-state index >= 15 is 0 Å². The third kappa shape index (κ3) is 0.882. The molecule has 0 bridgehead atoms. The summed E-state index contributed by atoms with van der Waals surface area (Å²) in [6.45, 7) is 0. The zero-order valence-electron chi connectivity index (χ0n) is 7.90. The van der Waals surface area contributed by atoms with Crippen LogP contribution < -0.4 is 5.32 Å². The number of rotatable bonds is 0. The minimum atomic E-state index is -0.168. The van der Waals surface area contributed by atoms with E-state index in [9.17, 15) is 0 Å². The first-order valence-electron chi connectivity index (χ1n) is 4.98. The molecule has 3 rings (SSSR count). The molecular weight excluding hydrogens is 172 g/mol. The zero-order valence-corrected chi connectivity index (χ0v) is 7.90. The van der Waals surface area contributed by atoms with Gasteiger partial charge < -0.3 is 5.32 Å². The number of nitrogens with zero attached hydrogens (tertiary/aromatic N) is 1. The Kier molecular flexibility index (Phi) is 1.51. The SMILES string of the molecule is C1=CC2=CCCC3=CNC=NC23C=C1. The van der Waals surface area contributed by atoms with Gasteiger partial charge in [0.2, 0.25) is 0 Å². The highest BCUT2D eigenvalue weighted by atomic mass is 15.0. The monoisotopic (exact) mass is 184 g/mol. The maximum Gasteiger partial charge on any atom is 0.128 e. The van der Waals surface area contributed by atoms with Crippen LogP contribution in [0.1, 0.15) is 12.8 Å². The molecule has 0 saturated heterocycles. The van der Waals surface area contributed by atoms with Gasteiger partial charge in [0.1, 0.15) is 5.54 Å². The summed E-state index contributed by atoms with van der Waals surface area (Å²) in [6.07, 6.45) is 16.9. The van der Waals surface area contributed by atoms with Gasteiger partial charge in [-0.3, -0.25) is 4.99 Å². The Hall–Kier alpha value is -1.57. The van der Waals surface area contributed by atoms with Crippen molar-refractivity contribution in [1.82, 2.24) is 5.32 Å². The summed E-state index contributed by atoms with van der Waals surface area (Å²) in [5, 5.41) is 3.07. The molecule has 0 saturated carbocycles. The smallest absolute Gasteiger partial charge is 0.128 e. The second kappa shape index (κ2) is 2.71. The van der Waals surface area contributed by atoms with Crippen LogP contribution >= 0.6 is 0 Å². The van der Waals surface area contributed by atoms with E-state index in [2.05, 4.69) is 46.9 Å². The molecule has 3 aliphatic rings. The Labute approximate surface area is 83.4 Å². The summed E-state index contributed by atoms with van der Waals surface area (Å²) in [6, 6.07) is 0. The number of nitrogens with one attached hydrogen (secondary N) is 1. The topological polar surface area (TPSA) is 24.4 Å². The molecule has 0 aromatic rings. The van der Waals surface area contributed by atoms with Crippen molar-refractivity contribution in [2.75, 3.05) is 0 Å². The highest BCUT2D eigenvalue weighted by Gasteiger charge is 2.37. The fourth-order valence-corrected chi connectivity index (χ4v) is 2.33. The lowest BCUT2D eigenvalue weighted by molar-refractivity contribution is 0.642. The van der Waals surface area contributed by atoms with Crippen molar-refractivity contribution in [3.63, 3.8) is 0 Å². The molecule has 0 radical (unpaired) electrons. The molecule has 70 valence electrons. The van der Waals surface area contributed by atoms with E-state index in [0.29, 0.717) is 0 Å². The van der Waals surface area contributed by atoms with Crippen LogP contribution in [0.25, 0.3) is 0 Å². The standard InChI is InChI=1S/C12H12N2/c1-2-7-12-10(4-1)5-3-6-11(12)8-13-9-14-12/h1-2,4-5,7-9H,3,6H2,(H,13,14). The summed E-state index contributed by atoms with van der Waals surface area (Å²) in [5.41, 5.74) is 2.52. The van der Waals surface area contributed by atoms with Gasteiger partial charge in [0.15, 0.2) is 0 Å². The molecule has 2 aliphatic carbocycles. The van der Waals surface area contributed by atoms with Gasteiger partial charge in [-0.25, -0.2) is 0 Å². The first-order chi connectivity index (χ1) is 6.92. The summed E-state index contributed by atoms with van der Waals surface area (Å²) in [5.74, 6) is 0. The van der Waals surface area contributed by atoms with Crippen molar-refractivity contribution >= 4 is 6.34 Å². The maximum absolute atomic E-state index is 4.59. The molecular formula is C12H12N2. The molecule has 1 aliphatic heterocycles. The molecule has 2 nitrogen and oxygen atoms in total. The van der Waals surface area contributed by atoms with Crippen molar-refractivity contribution < 1.29 is 0 Å². The summed E-state index contributed by atoms with van der Waals surface area (Å²) in [4.78, 5) is 4.59. The van der Waals surface area contributed by atoms with E-state index in [1.807, 2.05) is 0 Å². The highest BCUT2D eigenvalue weighted by molar-refractivity contribution is 5.67. The predicted molar refractivity (Wildman–Crippen MR) is 58.0 cm³/mol. The van der Waals surface area contributed by atoms with Crippen molar-refractivity contribution in [2.45, 2.75) is 18.4 Å². The molecule has 2 heteroatoms. The Bertz CT molecular complexity index is 410. The van der Waals surface area contributed by atoms with Gasteiger partial charge in [0.25, 0.3) is 0 Å². The molecule has 1 heterocycles. The summed E-state index contributed by atoms with van der Waals surface area (Å²) >= 11 is 0. The van der Waals surface area contributed by atoms with Crippen LogP contribution in [0.4, 0.5) is 0 Å². The summed E-state index contributed by atoms with van der Waals surface area (Å²) < 4.78 is 0. The van der Waals surface area contributed by atoms with Crippen LogP contribution in [0.3, 0.4) is 0 Å². The molecule has 1 unspecified atom stereocenters. The number of aliphatic imine (C=N–C) groups is 1. The number of hydrogen-bond acceptors (Lipinski definition) is 2. The fourth-order valence-electron chi connectivity index (χ4n) is 2.33. The highest BCUT2D eigenvalue weighted by Crippen LogP contribution is 2.41. The molecule has 0 aromatic heterocycles. The molecule has 0 amide bonds. The second-order valence-electron chi connectivity index (χ2n) is 3.78. The fraction of sp³-hybridized carbons (Fsp3) is 0.250. The third-order valence-electron chi connectivity index (χ3n) is 3.03. The average molecular weight is 184 g/mol. The van der Waals surface area contributed by atoms with E-state index in [0.717, 1.165) is 12.8 Å². The van der Waals surface area contributed by atoms with Crippen LogP contribution in [0.15, 0.2) is 52.7 Å². The lowest BCUT2D eigenvalue weighted by Crippen LogP contribution is -2.36. The number of allylic oxidation sites excluding steroid dienone is 3. The predicted octanol–water partition coefficient (Wildman–Crippen LogP) is 2.09. The average Bonchev–Trinajstić information content (AvgIpc) is 2.26. The van der Waals surface area contributed by atoms with Gasteiger partial charge in [0, 0.05) is 6.20 Å². The van der Waals surface area contributed by atoms with Gasteiger partial charge in [0.05, 0.1) is 6.34 Å². The third-order valence-corrected chi connectivity index (χ3v) is 3.03. The van der Waals surface area contributed by atoms with Crippen LogP contribution in [0.2, 0.25) is 0 Å². The normalized spacial score (nSPS) is 32.6. The van der Waals surface area contributed by atoms with Gasteiger partial charge in [-0.15, -0.1) is 0 Å². The largest absolute Gasteiger partial charge is 0.353 e. The Morgan fingerprint density at radius 3 is 3.36 bits per heavy atom. The van der Waals surface area contributed by atoms with Crippen molar-refractivity contribution in [2.24, 2.45) is 4.99 Å². The minimum absolute atomic E-state index is 0.168. The van der Waals surface area contributed by atoms with Crippen LogP contribution in [0, 0.1) is 0 Å². The van der Waals surface area contributed by atoms with Gasteiger partial charge in [-0.2, -0.15) is 0 Å². The van der Waals surface area contributed by atoms with Gasteiger partial charge >= 0.3 is 0 Å². The quantitative estimate of drug-likeness (QED) is 0.612. The molecule has 1 spiro atoms. The van der Waals surface area contributed by atoms with Crippen LogP contribution in [-0.2, 0) is 0 Å². The van der Waals surface area contributed by atoms with E-state index in [-0.39, 0.29) is 5.54 Å². The molecule has 1 N–H and O–H groups in total. The molecule has 0 aromatic carbocycles. The Balaban J connectivity index is 2.20. The van der Waals surface area contributed by atoms with Crippen LogP contribution in [0.5, 0.6) is 0 Å². The first-order valence-corrected chi connectivity index (χ1v) is 4.98. The maximum atomic E-state index is 4.59. The Morgan fingerprint density at radius 1 is 1.36 bits per heavy atom. The van der Waals surface area contributed by atoms with Crippen LogP contribution in [-0.4, -0.2) is 11.9 Å². The van der Waals surface area contributed by atoms with Gasteiger partial charge in [-0.05, 0) is 30.1 Å². The van der Waals surface area contributed by atoms with Gasteiger partial charge in [-0.1, -0.05) is 24.3 Å². The molecule has 1 atom stereocenters. The zero-order chi connectivity index (χ0) is 9.43. The lowest BCUT2D eigenvalue weighted by atomic mass is 9.74. The molecule has 0 fully saturated rings. The lowest BCUT2D eigenvalue weighted by Gasteiger charge is -2.37. The van der Waals surface area contributed by atoms with E-state index in [4.69, 9.17) is 0 Å². The second-order valence-corrected chi connectivity index (χ2v) is 3.78. The number of hydrogen-bond donors (Lipinski definition) is 1. The van der Waals surface area contributed by atoms with Crippen molar-refractivity contribution in [3.8, 4) is 0 Å². The van der Waals surface area contributed by atoms with Crippen molar-refractivity contribution in [1.29, 1.82) is 0 Å². The molecule has 14 heavy (non-hydrogen) atoms. The Morgan fingerprint density at radius 2 is 2.36 bits per heavy atom. The van der Waals surface area contributed by atoms with E-state index < -0.39 is 0 Å². The van der Waals surface area contributed by atoms with E-state index in [1.165, 1.54) is 11.1 Å².